The van der Waals surface area contributed by atoms with E-state index >= 15 is 0 Å². The largest absolute Gasteiger partial charge is 0.381 e. The Balaban J connectivity index is 2.41. The second kappa shape index (κ2) is 2.65. The van der Waals surface area contributed by atoms with Gasteiger partial charge < -0.3 is 0 Å². The Morgan fingerprint density at radius 2 is 2.42 bits per heavy atom. The molecule has 0 amide bonds. The molecule has 1 aromatic heterocycles. The van der Waals surface area contributed by atoms with Gasteiger partial charge in [-0.25, -0.2) is 4.18 Å². The van der Waals surface area contributed by atoms with Crippen molar-refractivity contribution in [3.05, 3.63) is 22.4 Å². The van der Waals surface area contributed by atoms with Gasteiger partial charge in [0.25, 0.3) is 0 Å². The molecule has 0 atom stereocenters. The van der Waals surface area contributed by atoms with Crippen LogP contribution in [0.3, 0.4) is 0 Å². The highest BCUT2D eigenvalue weighted by Gasteiger charge is 2.22. The summed E-state index contributed by atoms with van der Waals surface area (Å²) in [6, 6.07) is 3.65. The summed E-state index contributed by atoms with van der Waals surface area (Å²) in [6.45, 7) is 0.0584. The molecule has 4 nitrogen and oxygen atoms in total. The molecule has 0 radical (unpaired) electrons. The van der Waals surface area contributed by atoms with Gasteiger partial charge in [-0.05, 0) is 11.4 Å². The average molecular weight is 203 g/mol. The predicted molar refractivity (Wildman–Crippen MR) is 45.7 cm³/mol. The zero-order valence-corrected chi connectivity index (χ0v) is 7.56. The maximum Gasteiger partial charge on any atom is 0.381 e. The second-order valence-electron chi connectivity index (χ2n) is 2.21. The molecular formula is C6H5NO3S2. The standard InChI is InChI=1S/C6H5NO3S2/c8-12(9)7-5(4-10-12)6-2-1-3-11-6/h1-3H,4H2. The lowest BCUT2D eigenvalue weighted by Crippen LogP contribution is -1.99. The van der Waals surface area contributed by atoms with Gasteiger partial charge in [-0.3, -0.25) is 0 Å². The summed E-state index contributed by atoms with van der Waals surface area (Å²) in [7, 11) is -3.63. The molecule has 0 aromatic carbocycles. The lowest BCUT2D eigenvalue weighted by atomic mass is 10.3. The molecule has 0 saturated heterocycles. The molecule has 0 saturated carbocycles. The summed E-state index contributed by atoms with van der Waals surface area (Å²) in [5.41, 5.74) is 0.491. The van der Waals surface area contributed by atoms with Crippen molar-refractivity contribution in [3.63, 3.8) is 0 Å². The highest BCUT2D eigenvalue weighted by molar-refractivity contribution is 7.85. The molecule has 64 valence electrons. The van der Waals surface area contributed by atoms with Crippen LogP contribution in [0.15, 0.2) is 21.9 Å². The topological polar surface area (TPSA) is 55.7 Å². The van der Waals surface area contributed by atoms with Gasteiger partial charge >= 0.3 is 10.3 Å². The van der Waals surface area contributed by atoms with E-state index in [-0.39, 0.29) is 6.61 Å². The van der Waals surface area contributed by atoms with Gasteiger partial charge in [0.2, 0.25) is 0 Å². The molecule has 6 heteroatoms. The molecule has 0 N–H and O–H groups in total. The minimum absolute atomic E-state index is 0.0584. The summed E-state index contributed by atoms with van der Waals surface area (Å²) in [5.74, 6) is 0. The first-order chi connectivity index (χ1) is 5.67. The molecule has 2 rings (SSSR count). The Kier molecular flexibility index (Phi) is 1.75. The van der Waals surface area contributed by atoms with E-state index in [0.29, 0.717) is 5.71 Å². The van der Waals surface area contributed by atoms with E-state index in [1.165, 1.54) is 11.3 Å². The van der Waals surface area contributed by atoms with Crippen LogP contribution in [-0.2, 0) is 14.5 Å². The monoisotopic (exact) mass is 203 g/mol. The van der Waals surface area contributed by atoms with Crippen LogP contribution in [0.2, 0.25) is 0 Å². The lowest BCUT2D eigenvalue weighted by Gasteiger charge is -1.87. The van der Waals surface area contributed by atoms with E-state index in [1.54, 1.807) is 0 Å². The highest BCUT2D eigenvalue weighted by Crippen LogP contribution is 2.16. The molecule has 1 aliphatic heterocycles. The third kappa shape index (κ3) is 1.40. The quantitative estimate of drug-likeness (QED) is 0.678. The molecular weight excluding hydrogens is 198 g/mol. The van der Waals surface area contributed by atoms with Gasteiger partial charge in [-0.2, -0.15) is 8.42 Å². The van der Waals surface area contributed by atoms with Crippen molar-refractivity contribution >= 4 is 27.4 Å². The van der Waals surface area contributed by atoms with Gasteiger partial charge in [-0.15, -0.1) is 15.7 Å². The smallest absolute Gasteiger partial charge is 0.246 e. The van der Waals surface area contributed by atoms with E-state index in [4.69, 9.17) is 0 Å². The SMILES string of the molecule is O=S1(=O)N=C(c2cccs2)CO1. The fourth-order valence-electron chi connectivity index (χ4n) is 0.877. The summed E-state index contributed by atoms with van der Waals surface area (Å²) < 4.78 is 29.4. The summed E-state index contributed by atoms with van der Waals surface area (Å²) in [5, 5.41) is 1.86. The second-order valence-corrected chi connectivity index (χ2v) is 4.43. The summed E-state index contributed by atoms with van der Waals surface area (Å²) >= 11 is 1.45. The Bertz CT molecular complexity index is 404. The number of rotatable bonds is 1. The van der Waals surface area contributed by atoms with Gasteiger partial charge in [0.05, 0.1) is 4.88 Å². The minimum atomic E-state index is -3.63. The highest BCUT2D eigenvalue weighted by atomic mass is 32.2. The first kappa shape index (κ1) is 7.90. The first-order valence-corrected chi connectivity index (χ1v) is 5.44. The molecule has 2 heterocycles. The Hall–Kier alpha value is -0.720. The van der Waals surface area contributed by atoms with Crippen molar-refractivity contribution in [2.24, 2.45) is 4.40 Å². The Morgan fingerprint density at radius 3 is 2.92 bits per heavy atom. The average Bonchev–Trinajstić information content (AvgIpc) is 2.55. The van der Waals surface area contributed by atoms with Crippen LogP contribution < -0.4 is 0 Å². The zero-order chi connectivity index (χ0) is 8.60. The van der Waals surface area contributed by atoms with E-state index in [0.717, 1.165) is 4.88 Å². The molecule has 12 heavy (non-hydrogen) atoms. The van der Waals surface area contributed by atoms with Gasteiger partial charge in [0.1, 0.15) is 12.3 Å². The van der Waals surface area contributed by atoms with Crippen LogP contribution in [0.4, 0.5) is 0 Å². The molecule has 0 aliphatic carbocycles. The summed E-state index contributed by atoms with van der Waals surface area (Å²) in [4.78, 5) is 0.844. The molecule has 0 bridgehead atoms. The minimum Gasteiger partial charge on any atom is -0.246 e. The maximum atomic E-state index is 10.7. The molecule has 1 aliphatic rings. The Labute approximate surface area is 73.8 Å². The normalized spacial score (nSPS) is 20.8. The molecule has 1 aromatic rings. The summed E-state index contributed by atoms with van der Waals surface area (Å²) in [6.07, 6.45) is 0. The van der Waals surface area contributed by atoms with Crippen LogP contribution in [0.25, 0.3) is 0 Å². The van der Waals surface area contributed by atoms with Crippen molar-refractivity contribution < 1.29 is 12.6 Å². The van der Waals surface area contributed by atoms with Crippen LogP contribution >= 0.6 is 11.3 Å². The fraction of sp³-hybridized carbons (Fsp3) is 0.167. The first-order valence-electron chi connectivity index (χ1n) is 3.19. The lowest BCUT2D eigenvalue weighted by molar-refractivity contribution is 0.382. The number of hydrogen-bond acceptors (Lipinski definition) is 4. The molecule has 0 spiro atoms. The fourth-order valence-corrected chi connectivity index (χ4v) is 2.37. The van der Waals surface area contributed by atoms with Crippen molar-refractivity contribution in [3.8, 4) is 0 Å². The van der Waals surface area contributed by atoms with Crippen LogP contribution in [-0.4, -0.2) is 20.7 Å². The van der Waals surface area contributed by atoms with Gasteiger partial charge in [-0.1, -0.05) is 6.07 Å². The van der Waals surface area contributed by atoms with Crippen LogP contribution in [0.1, 0.15) is 4.88 Å². The Morgan fingerprint density at radius 1 is 1.58 bits per heavy atom. The van der Waals surface area contributed by atoms with Gasteiger partial charge in [0, 0.05) is 0 Å². The number of nitrogens with zero attached hydrogens (tertiary/aromatic N) is 1. The third-order valence-electron chi connectivity index (χ3n) is 1.37. The molecule has 0 unspecified atom stereocenters. The van der Waals surface area contributed by atoms with Crippen molar-refractivity contribution in [2.75, 3.05) is 6.61 Å². The van der Waals surface area contributed by atoms with Crippen molar-refractivity contribution in [2.45, 2.75) is 0 Å². The van der Waals surface area contributed by atoms with E-state index in [1.807, 2.05) is 17.5 Å². The number of hydrogen-bond donors (Lipinski definition) is 0. The van der Waals surface area contributed by atoms with E-state index in [9.17, 15) is 8.42 Å². The molecule has 0 fully saturated rings. The van der Waals surface area contributed by atoms with E-state index < -0.39 is 10.3 Å². The van der Waals surface area contributed by atoms with Crippen LogP contribution in [0, 0.1) is 0 Å². The zero-order valence-electron chi connectivity index (χ0n) is 5.93. The van der Waals surface area contributed by atoms with Crippen molar-refractivity contribution in [1.82, 2.24) is 0 Å². The predicted octanol–water partition coefficient (Wildman–Crippen LogP) is 0.812. The van der Waals surface area contributed by atoms with Crippen molar-refractivity contribution in [1.29, 1.82) is 0 Å². The third-order valence-corrected chi connectivity index (χ3v) is 3.15. The van der Waals surface area contributed by atoms with Crippen LogP contribution in [0.5, 0.6) is 0 Å². The van der Waals surface area contributed by atoms with Gasteiger partial charge in [0.15, 0.2) is 0 Å². The number of thiophene rings is 1. The maximum absolute atomic E-state index is 10.7. The van der Waals surface area contributed by atoms with E-state index in [2.05, 4.69) is 8.58 Å².